The summed E-state index contributed by atoms with van der Waals surface area (Å²) in [7, 11) is -2.92. The highest BCUT2D eigenvalue weighted by molar-refractivity contribution is 7.92. The lowest BCUT2D eigenvalue weighted by atomic mass is 10.2. The first kappa shape index (κ1) is 12.3. The van der Waals surface area contributed by atoms with Crippen LogP contribution in [-0.2, 0) is 9.84 Å². The summed E-state index contributed by atoms with van der Waals surface area (Å²) in [4.78, 5) is 8.57. The number of aromatic nitrogens is 2. The van der Waals surface area contributed by atoms with E-state index >= 15 is 0 Å². The van der Waals surface area contributed by atoms with E-state index in [2.05, 4.69) is 15.3 Å². The van der Waals surface area contributed by atoms with Gasteiger partial charge in [-0.3, -0.25) is 0 Å². The molecular formula is C13H15N3O2S. The second kappa shape index (κ2) is 4.77. The number of para-hydroxylation sites is 1. The van der Waals surface area contributed by atoms with Gasteiger partial charge in [0.25, 0.3) is 0 Å². The molecule has 0 amide bonds. The normalized spacial score (nSPS) is 21.6. The lowest BCUT2D eigenvalue weighted by Gasteiger charge is -2.10. The summed E-state index contributed by atoms with van der Waals surface area (Å²) >= 11 is 0. The van der Waals surface area contributed by atoms with E-state index in [0.717, 1.165) is 23.7 Å². The third-order valence-corrected chi connectivity index (χ3v) is 5.72. The van der Waals surface area contributed by atoms with Crippen LogP contribution in [0.4, 0.5) is 5.95 Å². The Kier molecular flexibility index (Phi) is 3.10. The number of benzene rings is 1. The second-order valence-electron chi connectivity index (χ2n) is 4.76. The summed E-state index contributed by atoms with van der Waals surface area (Å²) in [5.41, 5.74) is 0.856. The van der Waals surface area contributed by atoms with Gasteiger partial charge in [-0.05, 0) is 18.9 Å². The first-order valence-corrected chi connectivity index (χ1v) is 8.04. The van der Waals surface area contributed by atoms with E-state index in [1.54, 1.807) is 6.20 Å². The first-order chi connectivity index (χ1) is 9.15. The molecule has 1 saturated heterocycles. The third kappa shape index (κ3) is 2.53. The molecule has 2 heterocycles. The van der Waals surface area contributed by atoms with Crippen LogP contribution >= 0.6 is 0 Å². The van der Waals surface area contributed by atoms with Crippen LogP contribution < -0.4 is 5.32 Å². The summed E-state index contributed by atoms with van der Waals surface area (Å²) < 4.78 is 23.4. The number of fused-ring (bicyclic) bond motifs is 1. The molecule has 0 bridgehead atoms. The van der Waals surface area contributed by atoms with Crippen LogP contribution in [-0.4, -0.2) is 35.9 Å². The molecule has 1 fully saturated rings. The average Bonchev–Trinajstić information content (AvgIpc) is 2.75. The van der Waals surface area contributed by atoms with Crippen molar-refractivity contribution in [3.05, 3.63) is 30.5 Å². The van der Waals surface area contributed by atoms with E-state index in [4.69, 9.17) is 0 Å². The van der Waals surface area contributed by atoms with E-state index in [0.29, 0.717) is 18.2 Å². The predicted molar refractivity (Wildman–Crippen MR) is 74.8 cm³/mol. The van der Waals surface area contributed by atoms with Crippen molar-refractivity contribution in [2.24, 2.45) is 0 Å². The van der Waals surface area contributed by atoms with Crippen molar-refractivity contribution in [2.45, 2.75) is 18.1 Å². The van der Waals surface area contributed by atoms with Crippen molar-refractivity contribution in [1.29, 1.82) is 0 Å². The van der Waals surface area contributed by atoms with Gasteiger partial charge in [-0.2, -0.15) is 0 Å². The first-order valence-electron chi connectivity index (χ1n) is 6.32. The van der Waals surface area contributed by atoms with Crippen molar-refractivity contribution in [2.75, 3.05) is 17.6 Å². The molecule has 1 aromatic heterocycles. The van der Waals surface area contributed by atoms with E-state index in [1.165, 1.54) is 0 Å². The number of hydrogen-bond acceptors (Lipinski definition) is 5. The topological polar surface area (TPSA) is 72.0 Å². The number of hydrogen-bond donors (Lipinski definition) is 1. The minimum Gasteiger partial charge on any atom is -0.353 e. The second-order valence-corrected chi connectivity index (χ2v) is 7.17. The fraction of sp³-hybridized carbons (Fsp3) is 0.385. The molecule has 100 valence electrons. The number of nitrogens with zero attached hydrogens (tertiary/aromatic N) is 2. The van der Waals surface area contributed by atoms with Crippen molar-refractivity contribution < 1.29 is 8.42 Å². The number of anilines is 1. The van der Waals surface area contributed by atoms with Gasteiger partial charge in [-0.25, -0.2) is 18.4 Å². The standard InChI is InChI=1S/C13H15N3O2S/c17-19(18)7-3-5-11(19)9-15-13-14-8-10-4-1-2-6-12(10)16-13/h1-2,4,6,8,11H,3,5,7,9H2,(H,14,15,16). The zero-order valence-electron chi connectivity index (χ0n) is 10.4. The van der Waals surface area contributed by atoms with Crippen LogP contribution in [0, 0.1) is 0 Å². The zero-order chi connectivity index (χ0) is 13.3. The molecule has 6 heteroatoms. The Morgan fingerprint density at radius 1 is 1.32 bits per heavy atom. The monoisotopic (exact) mass is 277 g/mol. The van der Waals surface area contributed by atoms with Crippen molar-refractivity contribution in [3.63, 3.8) is 0 Å². The summed E-state index contributed by atoms with van der Waals surface area (Å²) in [5.74, 6) is 0.790. The maximum Gasteiger partial charge on any atom is 0.223 e. The van der Waals surface area contributed by atoms with Gasteiger partial charge < -0.3 is 5.32 Å². The minimum absolute atomic E-state index is 0.303. The molecule has 1 aliphatic heterocycles. The largest absolute Gasteiger partial charge is 0.353 e. The molecule has 3 rings (SSSR count). The molecule has 0 spiro atoms. The van der Waals surface area contributed by atoms with Crippen LogP contribution in [0.2, 0.25) is 0 Å². The van der Waals surface area contributed by atoms with Crippen molar-refractivity contribution >= 4 is 26.7 Å². The van der Waals surface area contributed by atoms with Gasteiger partial charge in [0.1, 0.15) is 0 Å². The third-order valence-electron chi connectivity index (χ3n) is 3.44. The molecule has 0 radical (unpaired) electrons. The molecule has 1 atom stereocenters. The van der Waals surface area contributed by atoms with Crippen LogP contribution in [0.3, 0.4) is 0 Å². The van der Waals surface area contributed by atoms with Gasteiger partial charge in [-0.15, -0.1) is 0 Å². The minimum atomic E-state index is -2.92. The summed E-state index contributed by atoms with van der Waals surface area (Å²) in [6, 6.07) is 7.71. The molecule has 1 aliphatic rings. The van der Waals surface area contributed by atoms with Crippen LogP contribution in [0.15, 0.2) is 30.5 Å². The molecule has 1 unspecified atom stereocenters. The number of nitrogens with one attached hydrogen (secondary N) is 1. The van der Waals surface area contributed by atoms with E-state index in [-0.39, 0.29) is 5.25 Å². The Hall–Kier alpha value is -1.69. The molecule has 1 N–H and O–H groups in total. The molecule has 0 aliphatic carbocycles. The van der Waals surface area contributed by atoms with Gasteiger partial charge in [0.05, 0.1) is 16.5 Å². The van der Waals surface area contributed by atoms with Crippen molar-refractivity contribution in [1.82, 2.24) is 9.97 Å². The van der Waals surface area contributed by atoms with Gasteiger partial charge in [0.2, 0.25) is 5.95 Å². The molecule has 5 nitrogen and oxygen atoms in total. The summed E-state index contributed by atoms with van der Waals surface area (Å²) in [6.45, 7) is 0.390. The lowest BCUT2D eigenvalue weighted by Crippen LogP contribution is -2.25. The zero-order valence-corrected chi connectivity index (χ0v) is 11.2. The Labute approximate surface area is 112 Å². The van der Waals surface area contributed by atoms with Crippen LogP contribution in [0.5, 0.6) is 0 Å². The number of rotatable bonds is 3. The Balaban J connectivity index is 1.75. The maximum atomic E-state index is 11.7. The van der Waals surface area contributed by atoms with Gasteiger partial charge in [-0.1, -0.05) is 18.2 Å². The highest BCUT2D eigenvalue weighted by atomic mass is 32.2. The smallest absolute Gasteiger partial charge is 0.223 e. The Morgan fingerprint density at radius 2 is 2.16 bits per heavy atom. The highest BCUT2D eigenvalue weighted by Crippen LogP contribution is 2.20. The van der Waals surface area contributed by atoms with Gasteiger partial charge in [0, 0.05) is 18.1 Å². The van der Waals surface area contributed by atoms with Gasteiger partial charge >= 0.3 is 0 Å². The maximum absolute atomic E-state index is 11.7. The predicted octanol–water partition coefficient (Wildman–Crippen LogP) is 1.62. The van der Waals surface area contributed by atoms with E-state index < -0.39 is 9.84 Å². The van der Waals surface area contributed by atoms with Gasteiger partial charge in [0.15, 0.2) is 9.84 Å². The quantitative estimate of drug-likeness (QED) is 0.923. The Morgan fingerprint density at radius 3 is 2.95 bits per heavy atom. The molecular weight excluding hydrogens is 262 g/mol. The van der Waals surface area contributed by atoms with Crippen LogP contribution in [0.1, 0.15) is 12.8 Å². The number of sulfone groups is 1. The fourth-order valence-corrected chi connectivity index (χ4v) is 4.12. The van der Waals surface area contributed by atoms with Crippen molar-refractivity contribution in [3.8, 4) is 0 Å². The molecule has 19 heavy (non-hydrogen) atoms. The average molecular weight is 277 g/mol. The Bertz CT molecular complexity index is 700. The lowest BCUT2D eigenvalue weighted by molar-refractivity contribution is 0.591. The van der Waals surface area contributed by atoms with E-state index in [1.807, 2.05) is 24.3 Å². The molecule has 1 aromatic carbocycles. The summed E-state index contributed by atoms with van der Waals surface area (Å²) in [5, 5.41) is 3.70. The summed E-state index contributed by atoms with van der Waals surface area (Å²) in [6.07, 6.45) is 3.23. The molecule has 2 aromatic rings. The fourth-order valence-electron chi connectivity index (χ4n) is 2.35. The SMILES string of the molecule is O=S1(=O)CCCC1CNc1ncc2ccccc2n1. The van der Waals surface area contributed by atoms with Crippen LogP contribution in [0.25, 0.3) is 10.9 Å². The van der Waals surface area contributed by atoms with E-state index in [9.17, 15) is 8.42 Å². The highest BCUT2D eigenvalue weighted by Gasteiger charge is 2.30. The molecule has 0 saturated carbocycles.